The van der Waals surface area contributed by atoms with E-state index < -0.39 is 0 Å². The standard InChI is InChI=1S/C80H62N4/c1-7-25-60(26-8-1)81(61-27-9-2-10-28-61)76-51-52-77(71-37-18-17-36-70(71)76)82(62-29-11-3-12-30-62)65-45-41-58(42-46-65)59-43-47-66(48-44-59)83(63-31-13-4-14-32-63)78-53-54-79(73-39-20-19-38-72(73)78)84(64-33-15-5-16-34-64)67-49-50-69-68-35-21-22-40-74(68)80(75(69)57-67)55-23-6-24-56-80/h1-5,7-22,25-54,57H,6,23-24,55-56H2. The van der Waals surface area contributed by atoms with E-state index in [1.165, 1.54) is 70.8 Å². The Labute approximate surface area is 493 Å². The first-order chi connectivity index (χ1) is 41.7. The van der Waals surface area contributed by atoms with Gasteiger partial charge in [-0.05, 0) is 168 Å². The third-order valence-corrected chi connectivity index (χ3v) is 17.6. The van der Waals surface area contributed by atoms with Crippen molar-refractivity contribution in [3.63, 3.8) is 0 Å². The van der Waals surface area contributed by atoms with Crippen molar-refractivity contribution in [2.75, 3.05) is 19.6 Å². The molecule has 1 spiro atoms. The normalized spacial score (nSPS) is 13.1. The van der Waals surface area contributed by atoms with Crippen molar-refractivity contribution in [2.24, 2.45) is 0 Å². The summed E-state index contributed by atoms with van der Waals surface area (Å²) in [5.74, 6) is 0. The highest BCUT2D eigenvalue weighted by atomic mass is 15.2. The van der Waals surface area contributed by atoms with Crippen LogP contribution in [0.4, 0.5) is 68.2 Å². The molecule has 4 nitrogen and oxygen atoms in total. The van der Waals surface area contributed by atoms with Gasteiger partial charge in [0.05, 0.1) is 22.7 Å². The summed E-state index contributed by atoms with van der Waals surface area (Å²) in [6, 6.07) is 115. The lowest BCUT2D eigenvalue weighted by molar-refractivity contribution is 0.353. The molecule has 13 aromatic carbocycles. The fourth-order valence-electron chi connectivity index (χ4n) is 13.8. The van der Waals surface area contributed by atoms with Crippen LogP contribution in [0.25, 0.3) is 43.8 Å². The molecule has 1 fully saturated rings. The SMILES string of the molecule is c1ccc(N(c2ccccc2)c2ccc(N(c3ccccc3)c3ccc(-c4ccc(N(c5ccccc5)c5ccc(N(c6ccccc6)c6ccc7c(c6)C6(CCCCC6)c6ccccc6-7)c6ccccc56)cc4)cc3)c3ccccc23)cc1. The number of benzene rings is 13. The van der Waals surface area contributed by atoms with Crippen LogP contribution in [0.3, 0.4) is 0 Å². The predicted molar refractivity (Wildman–Crippen MR) is 355 cm³/mol. The maximum absolute atomic E-state index is 2.54. The molecule has 0 heterocycles. The Kier molecular flexibility index (Phi) is 13.1. The molecular formula is C80H62N4. The van der Waals surface area contributed by atoms with E-state index in [-0.39, 0.29) is 5.41 Å². The maximum Gasteiger partial charge on any atom is 0.0541 e. The third kappa shape index (κ3) is 8.95. The molecule has 1 saturated carbocycles. The Bertz CT molecular complexity index is 4410. The van der Waals surface area contributed by atoms with Crippen molar-refractivity contribution >= 4 is 89.8 Å². The first-order valence-corrected chi connectivity index (χ1v) is 29.6. The first-order valence-electron chi connectivity index (χ1n) is 29.6. The molecule has 0 aliphatic heterocycles. The second-order valence-electron chi connectivity index (χ2n) is 22.3. The molecule has 0 atom stereocenters. The van der Waals surface area contributed by atoms with Gasteiger partial charge in [-0.2, -0.15) is 0 Å². The van der Waals surface area contributed by atoms with Crippen molar-refractivity contribution in [3.05, 3.63) is 327 Å². The van der Waals surface area contributed by atoms with E-state index in [1.807, 2.05) is 0 Å². The van der Waals surface area contributed by atoms with Crippen LogP contribution in [-0.2, 0) is 5.41 Å². The highest BCUT2D eigenvalue weighted by molar-refractivity contribution is 6.09. The lowest BCUT2D eigenvalue weighted by Gasteiger charge is -2.37. The molecule has 4 heteroatoms. The number of anilines is 12. The molecule has 0 saturated heterocycles. The minimum absolute atomic E-state index is 0.0484. The van der Waals surface area contributed by atoms with Crippen LogP contribution < -0.4 is 19.6 Å². The zero-order chi connectivity index (χ0) is 55.8. The van der Waals surface area contributed by atoms with E-state index in [0.717, 1.165) is 84.5 Å². The average molecular weight is 1080 g/mol. The summed E-state index contributed by atoms with van der Waals surface area (Å²) in [7, 11) is 0. The summed E-state index contributed by atoms with van der Waals surface area (Å²) in [5, 5.41) is 4.68. The zero-order valence-electron chi connectivity index (χ0n) is 46.8. The van der Waals surface area contributed by atoms with Gasteiger partial charge in [0.1, 0.15) is 0 Å². The van der Waals surface area contributed by atoms with Gasteiger partial charge >= 0.3 is 0 Å². The summed E-state index contributed by atoms with van der Waals surface area (Å²) >= 11 is 0. The van der Waals surface area contributed by atoms with Gasteiger partial charge in [-0.3, -0.25) is 0 Å². The molecule has 2 aliphatic carbocycles. The van der Waals surface area contributed by atoms with E-state index in [2.05, 4.69) is 335 Å². The Morgan fingerprint density at radius 3 is 0.869 bits per heavy atom. The molecular weight excluding hydrogens is 1020 g/mol. The lowest BCUT2D eigenvalue weighted by Crippen LogP contribution is -2.28. The molecule has 84 heavy (non-hydrogen) atoms. The van der Waals surface area contributed by atoms with Gasteiger partial charge in [-0.25, -0.2) is 0 Å². The van der Waals surface area contributed by atoms with E-state index in [4.69, 9.17) is 0 Å². The zero-order valence-corrected chi connectivity index (χ0v) is 46.8. The fraction of sp³-hybridized carbons (Fsp3) is 0.0750. The number of rotatable bonds is 13. The minimum atomic E-state index is 0.0484. The van der Waals surface area contributed by atoms with Gasteiger partial charge < -0.3 is 19.6 Å². The van der Waals surface area contributed by atoms with Crippen LogP contribution in [-0.4, -0.2) is 0 Å². The molecule has 13 aromatic rings. The van der Waals surface area contributed by atoms with Crippen LogP contribution in [0.1, 0.15) is 43.2 Å². The van der Waals surface area contributed by atoms with Crippen LogP contribution in [0, 0.1) is 0 Å². The molecule has 15 rings (SSSR count). The van der Waals surface area contributed by atoms with Crippen LogP contribution >= 0.6 is 0 Å². The largest absolute Gasteiger partial charge is 0.310 e. The summed E-state index contributed by atoms with van der Waals surface area (Å²) in [5.41, 5.74) is 21.5. The molecule has 0 unspecified atom stereocenters. The summed E-state index contributed by atoms with van der Waals surface area (Å²) < 4.78 is 0. The molecule has 0 bridgehead atoms. The van der Waals surface area contributed by atoms with Crippen molar-refractivity contribution in [2.45, 2.75) is 37.5 Å². The highest BCUT2D eigenvalue weighted by Gasteiger charge is 2.44. The summed E-state index contributed by atoms with van der Waals surface area (Å²) in [6.45, 7) is 0. The van der Waals surface area contributed by atoms with E-state index in [1.54, 1.807) is 0 Å². The fourth-order valence-corrected chi connectivity index (χ4v) is 13.8. The Morgan fingerprint density at radius 2 is 0.500 bits per heavy atom. The number of fused-ring (bicyclic) bond motifs is 7. The van der Waals surface area contributed by atoms with Crippen LogP contribution in [0.2, 0.25) is 0 Å². The van der Waals surface area contributed by atoms with Gasteiger partial charge in [-0.15, -0.1) is 0 Å². The van der Waals surface area contributed by atoms with Gasteiger partial charge in [0.2, 0.25) is 0 Å². The molecule has 402 valence electrons. The Morgan fingerprint density at radius 1 is 0.214 bits per heavy atom. The average Bonchev–Trinajstić information content (AvgIpc) is 1.69. The van der Waals surface area contributed by atoms with E-state index in [9.17, 15) is 0 Å². The van der Waals surface area contributed by atoms with Crippen molar-refractivity contribution in [1.82, 2.24) is 0 Å². The number of nitrogens with zero attached hydrogens (tertiary/aromatic N) is 4. The van der Waals surface area contributed by atoms with Crippen LogP contribution in [0.15, 0.2) is 315 Å². The Balaban J connectivity index is 0.785. The van der Waals surface area contributed by atoms with Crippen LogP contribution in [0.5, 0.6) is 0 Å². The number of hydrogen-bond donors (Lipinski definition) is 0. The van der Waals surface area contributed by atoms with E-state index >= 15 is 0 Å². The third-order valence-electron chi connectivity index (χ3n) is 17.6. The minimum Gasteiger partial charge on any atom is -0.310 e. The van der Waals surface area contributed by atoms with Gasteiger partial charge in [0.25, 0.3) is 0 Å². The molecule has 0 N–H and O–H groups in total. The monoisotopic (exact) mass is 1080 g/mol. The highest BCUT2D eigenvalue weighted by Crippen LogP contribution is 2.57. The topological polar surface area (TPSA) is 13.0 Å². The second-order valence-corrected chi connectivity index (χ2v) is 22.3. The van der Waals surface area contributed by atoms with E-state index in [0.29, 0.717) is 0 Å². The molecule has 0 radical (unpaired) electrons. The summed E-state index contributed by atoms with van der Waals surface area (Å²) in [4.78, 5) is 9.65. The van der Waals surface area contributed by atoms with Crippen molar-refractivity contribution in [3.8, 4) is 22.3 Å². The quantitative estimate of drug-likeness (QED) is 0.114. The van der Waals surface area contributed by atoms with Gasteiger partial charge in [0.15, 0.2) is 0 Å². The maximum atomic E-state index is 2.54. The molecule has 0 aromatic heterocycles. The molecule has 2 aliphatic rings. The number of hydrogen-bond acceptors (Lipinski definition) is 4. The lowest BCUT2D eigenvalue weighted by atomic mass is 9.68. The second kappa shape index (κ2) is 21.8. The van der Waals surface area contributed by atoms with Crippen molar-refractivity contribution in [1.29, 1.82) is 0 Å². The summed E-state index contributed by atoms with van der Waals surface area (Å²) in [6.07, 6.45) is 6.21. The molecule has 0 amide bonds. The van der Waals surface area contributed by atoms with Gasteiger partial charge in [0, 0.05) is 72.5 Å². The van der Waals surface area contributed by atoms with Gasteiger partial charge in [-0.1, -0.05) is 213 Å². The predicted octanol–water partition coefficient (Wildman–Crippen LogP) is 22.8. The number of para-hydroxylation sites is 5. The van der Waals surface area contributed by atoms with Crippen molar-refractivity contribution < 1.29 is 0 Å². The first kappa shape index (κ1) is 50.5. The smallest absolute Gasteiger partial charge is 0.0541 e. The Hall–Kier alpha value is -10.4.